The number of ether oxygens (including phenoxy) is 1. The molecule has 1 aromatic carbocycles. The fourth-order valence-corrected chi connectivity index (χ4v) is 2.22. The van der Waals surface area contributed by atoms with E-state index >= 15 is 0 Å². The number of nitrogens with zero attached hydrogens (tertiary/aromatic N) is 3. The van der Waals surface area contributed by atoms with E-state index in [0.717, 1.165) is 5.56 Å². The maximum absolute atomic E-state index is 12.3. The van der Waals surface area contributed by atoms with Crippen molar-refractivity contribution in [1.82, 2.24) is 14.6 Å². The predicted octanol–water partition coefficient (Wildman–Crippen LogP) is 1.49. The van der Waals surface area contributed by atoms with Crippen LogP contribution in [-0.2, 0) is 11.3 Å². The van der Waals surface area contributed by atoms with Crippen molar-refractivity contribution < 1.29 is 14.3 Å². The fourth-order valence-electron chi connectivity index (χ4n) is 2.22. The molecule has 7 heteroatoms. The van der Waals surface area contributed by atoms with E-state index in [-0.39, 0.29) is 6.61 Å². The van der Waals surface area contributed by atoms with Crippen molar-refractivity contribution >= 4 is 17.5 Å². The zero-order valence-electron chi connectivity index (χ0n) is 12.4. The number of benzene rings is 1. The molecule has 2 N–H and O–H groups in total. The van der Waals surface area contributed by atoms with Gasteiger partial charge in [-0.15, -0.1) is 0 Å². The number of fused-ring (bicyclic) bond motifs is 1. The molecule has 0 saturated heterocycles. The molecule has 0 fully saturated rings. The number of carbonyl (C=O) groups is 2. The van der Waals surface area contributed by atoms with Crippen LogP contribution in [0.2, 0.25) is 0 Å². The van der Waals surface area contributed by atoms with E-state index in [1.807, 2.05) is 0 Å². The van der Waals surface area contributed by atoms with Crippen LogP contribution in [0, 0.1) is 6.92 Å². The van der Waals surface area contributed by atoms with E-state index in [0.29, 0.717) is 22.5 Å². The molecule has 3 rings (SSSR count). The summed E-state index contributed by atoms with van der Waals surface area (Å²) in [6, 6.07) is 8.29. The lowest BCUT2D eigenvalue weighted by atomic mass is 10.1. The van der Waals surface area contributed by atoms with Crippen molar-refractivity contribution in [3.05, 3.63) is 65.1 Å². The van der Waals surface area contributed by atoms with Crippen LogP contribution in [0.5, 0.6) is 0 Å². The van der Waals surface area contributed by atoms with Crippen LogP contribution in [0.4, 0.5) is 0 Å². The number of esters is 1. The Hall–Kier alpha value is -3.22. The molecule has 0 unspecified atom stereocenters. The molecule has 0 spiro atoms. The Labute approximate surface area is 131 Å². The van der Waals surface area contributed by atoms with Gasteiger partial charge in [-0.2, -0.15) is 5.10 Å². The lowest BCUT2D eigenvalue weighted by molar-refractivity contribution is 0.0473. The highest BCUT2D eigenvalue weighted by Crippen LogP contribution is 2.15. The zero-order chi connectivity index (χ0) is 16.4. The monoisotopic (exact) mass is 310 g/mol. The molecule has 0 aliphatic carbocycles. The highest BCUT2D eigenvalue weighted by molar-refractivity contribution is 5.97. The number of rotatable bonds is 4. The first-order chi connectivity index (χ1) is 11.1. The normalized spacial score (nSPS) is 10.7. The third-order valence-electron chi connectivity index (χ3n) is 3.38. The molecule has 2 aromatic heterocycles. The third kappa shape index (κ3) is 2.89. The Morgan fingerprint density at radius 3 is 2.70 bits per heavy atom. The number of aromatic nitrogens is 3. The van der Waals surface area contributed by atoms with Gasteiger partial charge in [-0.3, -0.25) is 4.79 Å². The van der Waals surface area contributed by atoms with Crippen molar-refractivity contribution in [3.8, 4) is 0 Å². The second-order valence-electron chi connectivity index (χ2n) is 4.99. The largest absolute Gasteiger partial charge is 0.457 e. The van der Waals surface area contributed by atoms with Gasteiger partial charge in [0.1, 0.15) is 12.2 Å². The summed E-state index contributed by atoms with van der Waals surface area (Å²) in [4.78, 5) is 27.5. The lowest BCUT2D eigenvalue weighted by Crippen LogP contribution is -2.11. The van der Waals surface area contributed by atoms with Gasteiger partial charge in [-0.05, 0) is 30.7 Å². The quantitative estimate of drug-likeness (QED) is 0.736. The number of hydrogen-bond donors (Lipinski definition) is 1. The third-order valence-corrected chi connectivity index (χ3v) is 3.38. The van der Waals surface area contributed by atoms with Gasteiger partial charge in [0, 0.05) is 18.0 Å². The second kappa shape index (κ2) is 5.88. The van der Waals surface area contributed by atoms with Gasteiger partial charge >= 0.3 is 5.97 Å². The van der Waals surface area contributed by atoms with Gasteiger partial charge in [0.2, 0.25) is 5.91 Å². The molecular formula is C16H14N4O3. The first-order valence-electron chi connectivity index (χ1n) is 6.92. The topological polar surface area (TPSA) is 99.6 Å². The van der Waals surface area contributed by atoms with Gasteiger partial charge < -0.3 is 10.5 Å². The average molecular weight is 310 g/mol. The lowest BCUT2D eigenvalue weighted by Gasteiger charge is -2.05. The number of nitrogens with two attached hydrogens (primary N) is 1. The SMILES string of the molecule is Cc1nn2cccnc2c1C(=O)OCc1ccc(C(N)=O)cc1. The molecule has 0 aliphatic heterocycles. The van der Waals surface area contributed by atoms with Crippen molar-refractivity contribution in [2.45, 2.75) is 13.5 Å². The van der Waals surface area contributed by atoms with Crippen LogP contribution in [0.15, 0.2) is 42.7 Å². The van der Waals surface area contributed by atoms with Gasteiger partial charge in [0.15, 0.2) is 5.65 Å². The molecule has 0 atom stereocenters. The summed E-state index contributed by atoms with van der Waals surface area (Å²) in [5, 5.41) is 4.22. The zero-order valence-corrected chi connectivity index (χ0v) is 12.4. The van der Waals surface area contributed by atoms with Crippen LogP contribution in [0.1, 0.15) is 32.0 Å². The van der Waals surface area contributed by atoms with Gasteiger partial charge in [0.25, 0.3) is 0 Å². The van der Waals surface area contributed by atoms with Crippen molar-refractivity contribution in [3.63, 3.8) is 0 Å². The number of aryl methyl sites for hydroxylation is 1. The minimum absolute atomic E-state index is 0.0848. The Balaban J connectivity index is 1.76. The number of carbonyl (C=O) groups excluding carboxylic acids is 2. The highest BCUT2D eigenvalue weighted by atomic mass is 16.5. The van der Waals surface area contributed by atoms with Crippen molar-refractivity contribution in [1.29, 1.82) is 0 Å². The van der Waals surface area contributed by atoms with Crippen LogP contribution < -0.4 is 5.73 Å². The highest BCUT2D eigenvalue weighted by Gasteiger charge is 2.19. The molecule has 23 heavy (non-hydrogen) atoms. The number of amides is 1. The Morgan fingerprint density at radius 2 is 2.00 bits per heavy atom. The molecule has 0 bridgehead atoms. The molecule has 1 amide bonds. The summed E-state index contributed by atoms with van der Waals surface area (Å²) in [7, 11) is 0. The smallest absolute Gasteiger partial charge is 0.344 e. The van der Waals surface area contributed by atoms with E-state index in [2.05, 4.69) is 10.1 Å². The molecule has 2 heterocycles. The van der Waals surface area contributed by atoms with Crippen molar-refractivity contribution in [2.75, 3.05) is 0 Å². The van der Waals surface area contributed by atoms with Crippen molar-refractivity contribution in [2.24, 2.45) is 5.73 Å². The second-order valence-corrected chi connectivity index (χ2v) is 4.99. The molecular weight excluding hydrogens is 296 g/mol. The molecule has 3 aromatic rings. The summed E-state index contributed by atoms with van der Waals surface area (Å²) in [5.41, 5.74) is 7.70. The maximum atomic E-state index is 12.3. The average Bonchev–Trinajstić information content (AvgIpc) is 2.88. The van der Waals surface area contributed by atoms with E-state index in [9.17, 15) is 9.59 Å². The van der Waals surface area contributed by atoms with Gasteiger partial charge in [-0.25, -0.2) is 14.3 Å². The van der Waals surface area contributed by atoms with Gasteiger partial charge in [-0.1, -0.05) is 12.1 Å². The number of primary amides is 1. The van der Waals surface area contributed by atoms with Crippen LogP contribution in [0.25, 0.3) is 5.65 Å². The van der Waals surface area contributed by atoms with E-state index in [1.54, 1.807) is 49.6 Å². The Bertz CT molecular complexity index is 884. The minimum atomic E-state index is -0.499. The van der Waals surface area contributed by atoms with Crippen LogP contribution in [0.3, 0.4) is 0 Å². The Kier molecular flexibility index (Phi) is 3.76. The van der Waals surface area contributed by atoms with E-state index < -0.39 is 11.9 Å². The molecule has 7 nitrogen and oxygen atoms in total. The van der Waals surface area contributed by atoms with Crippen LogP contribution in [-0.4, -0.2) is 26.5 Å². The Morgan fingerprint density at radius 1 is 1.26 bits per heavy atom. The standard InChI is InChI=1S/C16H14N4O3/c1-10-13(15-18-7-2-8-20(15)19-10)16(22)23-9-11-3-5-12(6-4-11)14(17)21/h2-8H,9H2,1H3,(H2,17,21). The summed E-state index contributed by atoms with van der Waals surface area (Å²) < 4.78 is 6.85. The number of hydrogen-bond acceptors (Lipinski definition) is 5. The first-order valence-corrected chi connectivity index (χ1v) is 6.92. The maximum Gasteiger partial charge on any atom is 0.344 e. The fraction of sp³-hybridized carbons (Fsp3) is 0.125. The molecule has 0 saturated carbocycles. The molecule has 0 aliphatic rings. The van der Waals surface area contributed by atoms with E-state index in [4.69, 9.17) is 10.5 Å². The van der Waals surface area contributed by atoms with Crippen LogP contribution >= 0.6 is 0 Å². The van der Waals surface area contributed by atoms with Gasteiger partial charge in [0.05, 0.1) is 5.69 Å². The minimum Gasteiger partial charge on any atom is -0.457 e. The summed E-state index contributed by atoms with van der Waals surface area (Å²) in [5.74, 6) is -0.989. The summed E-state index contributed by atoms with van der Waals surface area (Å²) >= 11 is 0. The molecule has 116 valence electrons. The summed E-state index contributed by atoms with van der Waals surface area (Å²) in [6.45, 7) is 1.81. The summed E-state index contributed by atoms with van der Waals surface area (Å²) in [6.07, 6.45) is 3.31. The predicted molar refractivity (Wildman–Crippen MR) is 81.8 cm³/mol. The van der Waals surface area contributed by atoms with E-state index in [1.165, 1.54) is 4.52 Å². The first kappa shape index (κ1) is 14.7. The molecule has 0 radical (unpaired) electrons.